The molecule has 0 amide bonds. The molecule has 0 saturated heterocycles. The van der Waals surface area contributed by atoms with Gasteiger partial charge in [-0.2, -0.15) is 0 Å². The fraction of sp³-hybridized carbons (Fsp3) is 0.409. The molecule has 0 fully saturated rings. The van der Waals surface area contributed by atoms with Crippen molar-refractivity contribution in [3.8, 4) is 0 Å². The monoisotopic (exact) mass is 403 g/mol. The average Bonchev–Trinajstić information content (AvgIpc) is 2.64. The third kappa shape index (κ3) is 4.36. The van der Waals surface area contributed by atoms with Gasteiger partial charge in [0.2, 0.25) is 11.4 Å². The van der Waals surface area contributed by atoms with Gasteiger partial charge in [0.15, 0.2) is 5.76 Å². The van der Waals surface area contributed by atoms with Crippen molar-refractivity contribution in [2.45, 2.75) is 46.6 Å². The lowest BCUT2D eigenvalue weighted by atomic mass is 9.90. The quantitative estimate of drug-likeness (QED) is 0.539. The molecule has 1 aliphatic rings. The molecule has 1 aromatic heterocycles. The van der Waals surface area contributed by atoms with Gasteiger partial charge in [-0.15, -0.1) is 0 Å². The van der Waals surface area contributed by atoms with Gasteiger partial charge in [-0.25, -0.2) is 0 Å². The molecular formula is C22H26ClNO4. The molecule has 150 valence electrons. The Kier molecular flexibility index (Phi) is 6.83. The van der Waals surface area contributed by atoms with E-state index in [9.17, 15) is 9.59 Å². The first kappa shape index (κ1) is 21.9. The van der Waals surface area contributed by atoms with E-state index < -0.39 is 17.4 Å². The minimum atomic E-state index is -1.61. The highest BCUT2D eigenvalue weighted by Crippen LogP contribution is 2.30. The second-order valence-corrected chi connectivity index (χ2v) is 7.47. The zero-order valence-electron chi connectivity index (χ0n) is 17.1. The maximum atomic E-state index is 12.9. The Bertz CT molecular complexity index is 977. The normalized spacial score (nSPS) is 21.0. The van der Waals surface area contributed by atoms with Gasteiger partial charge in [-0.1, -0.05) is 49.6 Å². The molecule has 0 aliphatic heterocycles. The molecule has 0 aromatic carbocycles. The first-order chi connectivity index (χ1) is 13.1. The molecule has 0 spiro atoms. The zero-order chi connectivity index (χ0) is 21.1. The van der Waals surface area contributed by atoms with Crippen molar-refractivity contribution in [1.29, 1.82) is 0 Å². The number of ether oxygens (including phenoxy) is 2. The Labute approximate surface area is 170 Å². The Morgan fingerprint density at radius 2 is 2.04 bits per heavy atom. The topological polar surface area (TPSA) is 65.5 Å². The van der Waals surface area contributed by atoms with Crippen LogP contribution in [0, 0.1) is 5.92 Å². The summed E-state index contributed by atoms with van der Waals surface area (Å²) in [6.07, 6.45) is 8.70. The van der Waals surface area contributed by atoms with Crippen molar-refractivity contribution in [3.63, 3.8) is 0 Å². The molecule has 1 aromatic rings. The van der Waals surface area contributed by atoms with Crippen LogP contribution in [-0.2, 0) is 19.1 Å². The van der Waals surface area contributed by atoms with E-state index in [1.54, 1.807) is 12.3 Å². The van der Waals surface area contributed by atoms with Gasteiger partial charge in [-0.05, 0) is 31.9 Å². The number of hydrogen-bond donors (Lipinski definition) is 0. The van der Waals surface area contributed by atoms with Crippen LogP contribution in [0.25, 0.3) is 16.9 Å². The Hall–Kier alpha value is -2.40. The summed E-state index contributed by atoms with van der Waals surface area (Å²) in [5, 5.41) is 1.02. The van der Waals surface area contributed by atoms with Gasteiger partial charge < -0.3 is 9.47 Å². The number of methoxy groups -OCH3 is 1. The van der Waals surface area contributed by atoms with E-state index in [-0.39, 0.29) is 10.8 Å². The first-order valence-electron chi connectivity index (χ1n) is 9.19. The zero-order valence-corrected chi connectivity index (χ0v) is 17.9. The molecule has 0 saturated carbocycles. The molecule has 1 heterocycles. The number of allylic oxidation sites excluding steroid dienone is 3. The number of Topliss-reactive ketones (excluding diaryl/α,β-unsaturated/α-hetero) is 1. The maximum absolute atomic E-state index is 12.9. The number of halogens is 1. The van der Waals surface area contributed by atoms with Gasteiger partial charge in [0.05, 0.1) is 17.8 Å². The predicted molar refractivity (Wildman–Crippen MR) is 111 cm³/mol. The molecule has 2 rings (SSSR count). The van der Waals surface area contributed by atoms with E-state index in [1.165, 1.54) is 21.0 Å². The summed E-state index contributed by atoms with van der Waals surface area (Å²) in [6.45, 7) is 9.04. The third-order valence-corrected chi connectivity index (χ3v) is 5.11. The lowest BCUT2D eigenvalue weighted by Crippen LogP contribution is -2.52. The molecule has 0 unspecified atom stereocenters. The molecule has 2 atom stereocenters. The van der Waals surface area contributed by atoms with Crippen LogP contribution in [0.3, 0.4) is 0 Å². The van der Waals surface area contributed by atoms with Gasteiger partial charge in [0.25, 0.3) is 0 Å². The second-order valence-electron chi connectivity index (χ2n) is 7.09. The van der Waals surface area contributed by atoms with Crippen LogP contribution >= 0.6 is 11.6 Å². The largest absolute Gasteiger partial charge is 0.496 e. The molecule has 1 aliphatic carbocycles. The van der Waals surface area contributed by atoms with E-state index in [1.807, 2.05) is 19.1 Å². The number of esters is 1. The van der Waals surface area contributed by atoms with Crippen molar-refractivity contribution in [2.24, 2.45) is 5.92 Å². The molecular weight excluding hydrogens is 378 g/mol. The van der Waals surface area contributed by atoms with E-state index in [2.05, 4.69) is 24.9 Å². The summed E-state index contributed by atoms with van der Waals surface area (Å²) in [5.74, 6) is -0.417. The van der Waals surface area contributed by atoms with Crippen LogP contribution < -0.4 is 10.4 Å². The van der Waals surface area contributed by atoms with Crippen molar-refractivity contribution < 1.29 is 19.1 Å². The first-order valence-corrected chi connectivity index (χ1v) is 9.57. The van der Waals surface area contributed by atoms with Crippen molar-refractivity contribution in [2.75, 3.05) is 7.11 Å². The van der Waals surface area contributed by atoms with Crippen molar-refractivity contribution in [1.82, 2.24) is 4.98 Å². The minimum absolute atomic E-state index is 0.0107. The number of carbonyl (C=O) groups is 2. The van der Waals surface area contributed by atoms with Crippen LogP contribution in [0.4, 0.5) is 0 Å². The lowest BCUT2D eigenvalue weighted by Gasteiger charge is -2.31. The molecule has 6 heteroatoms. The van der Waals surface area contributed by atoms with Gasteiger partial charge in [-0.3, -0.25) is 14.6 Å². The number of fused-ring (bicyclic) bond motifs is 1. The number of ketones is 1. The van der Waals surface area contributed by atoms with Crippen LogP contribution in [-0.4, -0.2) is 29.4 Å². The fourth-order valence-electron chi connectivity index (χ4n) is 3.14. The van der Waals surface area contributed by atoms with Crippen LogP contribution in [0.5, 0.6) is 0 Å². The SMILES string of the molecule is CC[C@@H](C)/C=C(C)/C=C/c1cc2c(cn1)=C(OC)[C@@](C)(OC(C)=O)C(=O)C=2Cl. The average molecular weight is 404 g/mol. The number of aromatic nitrogens is 1. The van der Waals surface area contributed by atoms with Crippen molar-refractivity contribution >= 4 is 40.2 Å². The van der Waals surface area contributed by atoms with Gasteiger partial charge in [0, 0.05) is 23.6 Å². The summed E-state index contributed by atoms with van der Waals surface area (Å²) < 4.78 is 10.7. The number of rotatable bonds is 6. The third-order valence-electron chi connectivity index (χ3n) is 4.73. The summed E-state index contributed by atoms with van der Waals surface area (Å²) in [7, 11) is 1.42. The standard InChI is InChI=1S/C22H26ClNO4/c1-7-13(2)10-14(3)8-9-16-11-17-18(12-24-16)21(27-6)22(5,28-15(4)25)20(26)19(17)23/h8-13H,7H2,1-6H3/b9-8+,14-10+/t13-,22+/m1/s1. The summed E-state index contributed by atoms with van der Waals surface area (Å²) in [4.78, 5) is 28.8. The van der Waals surface area contributed by atoms with Crippen LogP contribution in [0.1, 0.15) is 46.7 Å². The van der Waals surface area contributed by atoms with Crippen LogP contribution in [0.2, 0.25) is 0 Å². The van der Waals surface area contributed by atoms with E-state index in [0.29, 0.717) is 22.0 Å². The molecule has 0 radical (unpaired) electrons. The highest BCUT2D eigenvalue weighted by molar-refractivity contribution is 6.62. The smallest absolute Gasteiger partial charge is 0.304 e. The number of carbonyl (C=O) groups excluding carboxylic acids is 2. The Balaban J connectivity index is 2.59. The molecule has 0 N–H and O–H groups in total. The minimum Gasteiger partial charge on any atom is -0.496 e. The highest BCUT2D eigenvalue weighted by Gasteiger charge is 2.46. The predicted octanol–water partition coefficient (Wildman–Crippen LogP) is 3.09. The van der Waals surface area contributed by atoms with Gasteiger partial charge >= 0.3 is 5.97 Å². The molecule has 28 heavy (non-hydrogen) atoms. The molecule has 5 nitrogen and oxygen atoms in total. The fourth-order valence-corrected chi connectivity index (χ4v) is 3.48. The highest BCUT2D eigenvalue weighted by atomic mass is 35.5. The number of pyridine rings is 1. The van der Waals surface area contributed by atoms with Gasteiger partial charge in [0.1, 0.15) is 0 Å². The second kappa shape index (κ2) is 8.74. The Morgan fingerprint density at radius 3 is 2.61 bits per heavy atom. The number of hydrogen-bond acceptors (Lipinski definition) is 5. The lowest BCUT2D eigenvalue weighted by molar-refractivity contribution is -0.157. The summed E-state index contributed by atoms with van der Waals surface area (Å²) >= 11 is 6.35. The maximum Gasteiger partial charge on any atom is 0.304 e. The summed E-state index contributed by atoms with van der Waals surface area (Å²) in [5.41, 5.74) is 0.180. The van der Waals surface area contributed by atoms with E-state index >= 15 is 0 Å². The van der Waals surface area contributed by atoms with E-state index in [4.69, 9.17) is 21.1 Å². The summed E-state index contributed by atoms with van der Waals surface area (Å²) in [6, 6.07) is 1.73. The van der Waals surface area contributed by atoms with Crippen LogP contribution in [0.15, 0.2) is 30.0 Å². The number of nitrogens with zero attached hydrogens (tertiary/aromatic N) is 1. The van der Waals surface area contributed by atoms with E-state index in [0.717, 1.165) is 12.0 Å². The Morgan fingerprint density at radius 1 is 1.36 bits per heavy atom. The molecule has 0 bridgehead atoms. The van der Waals surface area contributed by atoms with Crippen molar-refractivity contribution in [3.05, 3.63) is 46.1 Å².